The first kappa shape index (κ1) is 26.4. The van der Waals surface area contributed by atoms with E-state index in [9.17, 15) is 24.0 Å². The van der Waals surface area contributed by atoms with Gasteiger partial charge in [0, 0.05) is 18.5 Å². The second-order valence-corrected chi connectivity index (χ2v) is 9.76. The van der Waals surface area contributed by atoms with Crippen molar-refractivity contribution in [3.63, 3.8) is 0 Å². The highest BCUT2D eigenvalue weighted by Gasteiger charge is 2.46. The molecule has 4 atom stereocenters. The molecule has 39 heavy (non-hydrogen) atoms. The number of esters is 1. The summed E-state index contributed by atoms with van der Waals surface area (Å²) in [5, 5.41) is 8.03. The maximum absolute atomic E-state index is 13.7. The number of fused-ring (bicyclic) bond motifs is 1. The molecule has 11 heteroatoms. The molecule has 0 radical (unpaired) electrons. The number of hydrazine groups is 1. The lowest BCUT2D eigenvalue weighted by molar-refractivity contribution is -0.177. The van der Waals surface area contributed by atoms with Crippen LogP contribution in [0.15, 0.2) is 60.7 Å². The molecule has 0 bridgehead atoms. The zero-order valence-electron chi connectivity index (χ0n) is 21.3. The normalized spacial score (nSPS) is 25.0. The van der Waals surface area contributed by atoms with Gasteiger partial charge in [0.25, 0.3) is 11.8 Å². The summed E-state index contributed by atoms with van der Waals surface area (Å²) in [5.74, 6) is -2.28. The molecule has 0 saturated carbocycles. The maximum Gasteiger partial charge on any atom is 0.310 e. The third kappa shape index (κ3) is 5.93. The van der Waals surface area contributed by atoms with Crippen LogP contribution in [0.4, 0.5) is 0 Å². The van der Waals surface area contributed by atoms with Crippen LogP contribution >= 0.6 is 0 Å². The highest BCUT2D eigenvalue weighted by Crippen LogP contribution is 2.26. The number of carbonyl (C=O) groups excluding carboxylic acids is 5. The van der Waals surface area contributed by atoms with E-state index >= 15 is 0 Å². The number of rotatable bonds is 7. The minimum Gasteiger partial charge on any atom is -0.433 e. The van der Waals surface area contributed by atoms with Crippen LogP contribution in [0, 0.1) is 0 Å². The van der Waals surface area contributed by atoms with Crippen LogP contribution in [0.1, 0.15) is 48.0 Å². The standard InChI is InChI=1S/C28H30N4O7/c33-23-14-13-20(29-25(35)19-10-5-2-6-11-19)27(37)32-22(12-7-15-31(23)32)26(36)30-21-16-24(34)39-28(21)38-17-18-8-3-1-4-9-18/h1-6,8-11,20-22,28H,7,12-17H2,(H,29,35)(H,30,36)/t20?,21-,22?,28?/m0/s1. The molecular weight excluding hydrogens is 504 g/mol. The molecule has 4 amide bonds. The molecule has 5 rings (SSSR count). The number of hydrogen-bond donors (Lipinski definition) is 2. The Morgan fingerprint density at radius 3 is 2.41 bits per heavy atom. The van der Waals surface area contributed by atoms with Crippen LogP contribution in [-0.4, -0.2) is 70.6 Å². The highest BCUT2D eigenvalue weighted by molar-refractivity contribution is 5.99. The molecule has 2 aromatic carbocycles. The molecule has 3 heterocycles. The van der Waals surface area contributed by atoms with Crippen LogP contribution in [0.2, 0.25) is 0 Å². The van der Waals surface area contributed by atoms with Crippen LogP contribution in [0.25, 0.3) is 0 Å². The fraction of sp³-hybridized carbons (Fsp3) is 0.393. The van der Waals surface area contributed by atoms with E-state index in [0.29, 0.717) is 24.9 Å². The number of nitrogens with zero attached hydrogens (tertiary/aromatic N) is 2. The molecule has 0 spiro atoms. The fourth-order valence-corrected chi connectivity index (χ4v) is 5.07. The van der Waals surface area contributed by atoms with Crippen LogP contribution in [-0.2, 0) is 35.3 Å². The molecule has 0 aromatic heterocycles. The lowest BCUT2D eigenvalue weighted by Crippen LogP contribution is -2.64. The first-order valence-electron chi connectivity index (χ1n) is 13.1. The van der Waals surface area contributed by atoms with Gasteiger partial charge in [0.1, 0.15) is 18.1 Å². The van der Waals surface area contributed by atoms with Crippen molar-refractivity contribution in [2.24, 2.45) is 0 Å². The zero-order chi connectivity index (χ0) is 27.4. The Labute approximate surface area is 225 Å². The minimum atomic E-state index is -0.991. The van der Waals surface area contributed by atoms with E-state index in [0.717, 1.165) is 5.56 Å². The van der Waals surface area contributed by atoms with Crippen molar-refractivity contribution < 1.29 is 33.4 Å². The molecular formula is C28H30N4O7. The van der Waals surface area contributed by atoms with Crippen molar-refractivity contribution in [2.75, 3.05) is 6.54 Å². The minimum absolute atomic E-state index is 0.0523. The summed E-state index contributed by atoms with van der Waals surface area (Å²) in [6.45, 7) is 0.478. The quantitative estimate of drug-likeness (QED) is 0.511. The molecule has 3 aliphatic rings. The monoisotopic (exact) mass is 534 g/mol. The van der Waals surface area contributed by atoms with Gasteiger partial charge in [-0.25, -0.2) is 5.01 Å². The van der Waals surface area contributed by atoms with E-state index in [1.54, 1.807) is 30.3 Å². The van der Waals surface area contributed by atoms with Gasteiger partial charge in [0.05, 0.1) is 13.0 Å². The van der Waals surface area contributed by atoms with Gasteiger partial charge < -0.3 is 20.1 Å². The Morgan fingerprint density at radius 1 is 0.949 bits per heavy atom. The van der Waals surface area contributed by atoms with Gasteiger partial charge in [-0.15, -0.1) is 0 Å². The van der Waals surface area contributed by atoms with Crippen molar-refractivity contribution in [1.82, 2.24) is 20.7 Å². The van der Waals surface area contributed by atoms with Gasteiger partial charge in [-0.1, -0.05) is 48.5 Å². The molecule has 204 valence electrons. The first-order chi connectivity index (χ1) is 18.9. The summed E-state index contributed by atoms with van der Waals surface area (Å²) in [7, 11) is 0. The summed E-state index contributed by atoms with van der Waals surface area (Å²) in [6, 6.07) is 15.1. The Balaban J connectivity index is 1.29. The number of nitrogens with one attached hydrogen (secondary N) is 2. The van der Waals surface area contributed by atoms with Crippen molar-refractivity contribution in [3.8, 4) is 0 Å². The second-order valence-electron chi connectivity index (χ2n) is 9.76. The van der Waals surface area contributed by atoms with Gasteiger partial charge in [0.15, 0.2) is 0 Å². The Bertz CT molecular complexity index is 1240. The van der Waals surface area contributed by atoms with Crippen LogP contribution in [0.3, 0.4) is 0 Å². The number of cyclic esters (lactones) is 1. The lowest BCUT2D eigenvalue weighted by Gasteiger charge is -2.43. The SMILES string of the molecule is O=C1C[C@H](NC(=O)C2CCCN3C(=O)CCC(NC(=O)c4ccccc4)C(=O)N23)C(OCc2ccccc2)O1. The van der Waals surface area contributed by atoms with Crippen molar-refractivity contribution in [3.05, 3.63) is 71.8 Å². The van der Waals surface area contributed by atoms with E-state index < -0.39 is 48.1 Å². The summed E-state index contributed by atoms with van der Waals surface area (Å²) in [6.07, 6.45) is -0.0555. The van der Waals surface area contributed by atoms with Crippen LogP contribution < -0.4 is 10.6 Å². The molecule has 11 nitrogen and oxygen atoms in total. The van der Waals surface area contributed by atoms with Crippen molar-refractivity contribution in [1.29, 1.82) is 0 Å². The fourth-order valence-electron chi connectivity index (χ4n) is 5.07. The van der Waals surface area contributed by atoms with Gasteiger partial charge >= 0.3 is 5.97 Å². The predicted molar refractivity (Wildman–Crippen MR) is 136 cm³/mol. The molecule has 3 saturated heterocycles. The lowest BCUT2D eigenvalue weighted by atomic mass is 10.0. The summed E-state index contributed by atoms with van der Waals surface area (Å²) in [5.41, 5.74) is 1.27. The Morgan fingerprint density at radius 2 is 1.67 bits per heavy atom. The smallest absolute Gasteiger partial charge is 0.310 e. The van der Waals surface area contributed by atoms with E-state index in [1.165, 1.54) is 10.0 Å². The van der Waals surface area contributed by atoms with Gasteiger partial charge in [-0.05, 0) is 37.0 Å². The molecule has 3 fully saturated rings. The second kappa shape index (κ2) is 11.6. The average Bonchev–Trinajstić information content (AvgIpc) is 3.26. The number of amides is 4. The third-order valence-corrected chi connectivity index (χ3v) is 7.05. The van der Waals surface area contributed by atoms with Crippen molar-refractivity contribution in [2.45, 2.75) is 63.1 Å². The summed E-state index contributed by atoms with van der Waals surface area (Å²) in [4.78, 5) is 64.9. The molecule has 0 aliphatic carbocycles. The van der Waals surface area contributed by atoms with E-state index in [-0.39, 0.29) is 31.8 Å². The van der Waals surface area contributed by atoms with Gasteiger partial charge in [-0.3, -0.25) is 29.0 Å². The first-order valence-corrected chi connectivity index (χ1v) is 13.1. The molecule has 3 aliphatic heterocycles. The number of benzene rings is 2. The number of ether oxygens (including phenoxy) is 2. The van der Waals surface area contributed by atoms with E-state index in [2.05, 4.69) is 10.6 Å². The van der Waals surface area contributed by atoms with Crippen LogP contribution in [0.5, 0.6) is 0 Å². The molecule has 3 unspecified atom stereocenters. The zero-order valence-corrected chi connectivity index (χ0v) is 21.3. The number of carbonyl (C=O) groups is 5. The molecule has 2 aromatic rings. The van der Waals surface area contributed by atoms with Crippen molar-refractivity contribution >= 4 is 29.6 Å². The summed E-state index contributed by atoms with van der Waals surface area (Å²) >= 11 is 0. The predicted octanol–water partition coefficient (Wildman–Crippen LogP) is 1.29. The number of hydrogen-bond acceptors (Lipinski definition) is 7. The molecule has 2 N–H and O–H groups in total. The van der Waals surface area contributed by atoms with Gasteiger partial charge in [0.2, 0.25) is 18.1 Å². The average molecular weight is 535 g/mol. The largest absolute Gasteiger partial charge is 0.433 e. The Hall–Kier alpha value is -4.25. The van der Waals surface area contributed by atoms with E-state index in [1.807, 2.05) is 30.3 Å². The Kier molecular flexibility index (Phi) is 7.87. The maximum atomic E-state index is 13.7. The third-order valence-electron chi connectivity index (χ3n) is 7.05. The van der Waals surface area contributed by atoms with Gasteiger partial charge in [-0.2, -0.15) is 0 Å². The summed E-state index contributed by atoms with van der Waals surface area (Å²) < 4.78 is 11.1. The topological polar surface area (TPSA) is 134 Å². The highest BCUT2D eigenvalue weighted by atomic mass is 16.7. The van der Waals surface area contributed by atoms with E-state index in [4.69, 9.17) is 9.47 Å².